The topological polar surface area (TPSA) is 73.8 Å². The lowest BCUT2D eigenvalue weighted by atomic mass is 9.81. The first-order valence-electron chi connectivity index (χ1n) is 10.7. The molecule has 2 aliphatic heterocycles. The molecule has 0 spiro atoms. The Morgan fingerprint density at radius 2 is 1.65 bits per heavy atom. The van der Waals surface area contributed by atoms with Gasteiger partial charge in [-0.1, -0.05) is 12.8 Å². The smallest absolute Gasteiger partial charge is 0.355 e. The van der Waals surface area contributed by atoms with E-state index in [1.54, 1.807) is 4.90 Å². The Morgan fingerprint density at radius 1 is 0.968 bits per heavy atom. The predicted octanol–water partition coefficient (Wildman–Crippen LogP) is 2.31. The normalized spacial score (nSPS) is 24.9. The molecular formula is C21H25F3N4O3. The summed E-state index contributed by atoms with van der Waals surface area (Å²) in [5.41, 5.74) is -0.802. The number of pyridine rings is 1. The first kappa shape index (κ1) is 21.6. The van der Waals surface area contributed by atoms with Crippen molar-refractivity contribution in [2.75, 3.05) is 37.6 Å². The number of aromatic nitrogens is 1. The molecule has 1 aliphatic carbocycles. The molecule has 2 atom stereocenters. The lowest BCUT2D eigenvalue weighted by molar-refractivity contribution is -0.146. The fourth-order valence-corrected chi connectivity index (χ4v) is 4.76. The van der Waals surface area contributed by atoms with Crippen LogP contribution in [0, 0.1) is 11.8 Å². The van der Waals surface area contributed by atoms with E-state index in [4.69, 9.17) is 0 Å². The number of carbonyl (C=O) groups is 3. The van der Waals surface area contributed by atoms with Crippen molar-refractivity contribution in [2.45, 2.75) is 38.3 Å². The van der Waals surface area contributed by atoms with E-state index in [-0.39, 0.29) is 36.1 Å². The molecule has 1 aromatic heterocycles. The van der Waals surface area contributed by atoms with Gasteiger partial charge in [0.1, 0.15) is 12.4 Å². The van der Waals surface area contributed by atoms with Gasteiger partial charge in [-0.3, -0.25) is 19.3 Å². The minimum absolute atomic E-state index is 0.228. The van der Waals surface area contributed by atoms with Crippen LogP contribution in [0.4, 0.5) is 19.0 Å². The molecule has 3 fully saturated rings. The zero-order chi connectivity index (χ0) is 22.2. The zero-order valence-electron chi connectivity index (χ0n) is 17.1. The van der Waals surface area contributed by atoms with E-state index < -0.39 is 11.7 Å². The second-order valence-electron chi connectivity index (χ2n) is 8.38. The molecule has 10 heteroatoms. The Balaban J connectivity index is 1.36. The molecule has 168 valence electrons. The number of halogens is 3. The Bertz CT molecular complexity index is 834. The number of imide groups is 1. The molecule has 2 saturated heterocycles. The van der Waals surface area contributed by atoms with E-state index in [0.717, 1.165) is 30.0 Å². The van der Waals surface area contributed by atoms with Gasteiger partial charge < -0.3 is 9.80 Å². The maximum absolute atomic E-state index is 12.8. The van der Waals surface area contributed by atoms with Crippen LogP contribution < -0.4 is 4.90 Å². The third kappa shape index (κ3) is 4.38. The zero-order valence-corrected chi connectivity index (χ0v) is 17.1. The highest BCUT2D eigenvalue weighted by Gasteiger charge is 2.48. The summed E-state index contributed by atoms with van der Waals surface area (Å²) in [6.45, 7) is 1.54. The molecule has 4 rings (SSSR count). The first-order chi connectivity index (χ1) is 14.8. The number of anilines is 1. The summed E-state index contributed by atoms with van der Waals surface area (Å²) in [4.78, 5) is 46.6. The summed E-state index contributed by atoms with van der Waals surface area (Å²) >= 11 is 0. The van der Waals surface area contributed by atoms with Gasteiger partial charge in [0, 0.05) is 32.4 Å². The van der Waals surface area contributed by atoms with Crippen LogP contribution in [0.25, 0.3) is 0 Å². The molecule has 0 radical (unpaired) electrons. The molecule has 3 amide bonds. The van der Waals surface area contributed by atoms with Crippen LogP contribution in [0.5, 0.6) is 0 Å². The summed E-state index contributed by atoms with van der Waals surface area (Å²) in [6, 6.07) is 2.34. The number of fused-ring (bicyclic) bond motifs is 1. The maximum Gasteiger partial charge on any atom is 0.417 e. The third-order valence-corrected chi connectivity index (χ3v) is 6.47. The van der Waals surface area contributed by atoms with Gasteiger partial charge in [-0.15, -0.1) is 0 Å². The van der Waals surface area contributed by atoms with Gasteiger partial charge in [0.05, 0.1) is 17.4 Å². The second kappa shape index (κ2) is 8.47. The van der Waals surface area contributed by atoms with Crippen molar-refractivity contribution >= 4 is 23.5 Å². The number of nitrogens with zero attached hydrogens (tertiary/aromatic N) is 4. The highest BCUT2D eigenvalue weighted by molar-refractivity contribution is 6.07. The van der Waals surface area contributed by atoms with Crippen molar-refractivity contribution in [3.05, 3.63) is 23.9 Å². The van der Waals surface area contributed by atoms with E-state index in [1.165, 1.54) is 6.07 Å². The predicted molar refractivity (Wildman–Crippen MR) is 105 cm³/mol. The number of alkyl halides is 3. The summed E-state index contributed by atoms with van der Waals surface area (Å²) in [5.74, 6) is -0.861. The number of hydrogen-bond donors (Lipinski definition) is 0. The van der Waals surface area contributed by atoms with Crippen molar-refractivity contribution in [2.24, 2.45) is 11.8 Å². The van der Waals surface area contributed by atoms with Gasteiger partial charge in [0.15, 0.2) is 0 Å². The molecule has 1 saturated carbocycles. The monoisotopic (exact) mass is 438 g/mol. The van der Waals surface area contributed by atoms with Gasteiger partial charge in [-0.2, -0.15) is 13.2 Å². The van der Waals surface area contributed by atoms with Crippen molar-refractivity contribution < 1.29 is 27.6 Å². The van der Waals surface area contributed by atoms with E-state index >= 15 is 0 Å². The average Bonchev–Trinajstić information content (AvgIpc) is 2.93. The molecule has 7 nitrogen and oxygen atoms in total. The summed E-state index contributed by atoms with van der Waals surface area (Å²) in [7, 11) is 0. The summed E-state index contributed by atoms with van der Waals surface area (Å²) in [6.07, 6.45) is 0.269. The lowest BCUT2D eigenvalue weighted by Crippen LogP contribution is -2.44. The van der Waals surface area contributed by atoms with Gasteiger partial charge in [0.25, 0.3) is 0 Å². The third-order valence-electron chi connectivity index (χ3n) is 6.47. The van der Waals surface area contributed by atoms with Gasteiger partial charge in [-0.25, -0.2) is 4.98 Å². The number of likely N-dealkylation sites (tertiary alicyclic amines) is 1. The lowest BCUT2D eigenvalue weighted by Gasteiger charge is -2.24. The fraction of sp³-hybridized carbons (Fsp3) is 0.619. The van der Waals surface area contributed by atoms with Crippen molar-refractivity contribution in [1.82, 2.24) is 14.8 Å². The van der Waals surface area contributed by atoms with E-state index in [0.29, 0.717) is 51.3 Å². The molecule has 0 aromatic carbocycles. The van der Waals surface area contributed by atoms with Crippen LogP contribution in [0.15, 0.2) is 18.3 Å². The summed E-state index contributed by atoms with van der Waals surface area (Å²) < 4.78 is 38.2. The van der Waals surface area contributed by atoms with Crippen LogP contribution in [0.3, 0.4) is 0 Å². The van der Waals surface area contributed by atoms with Crippen LogP contribution >= 0.6 is 0 Å². The van der Waals surface area contributed by atoms with Crippen LogP contribution in [-0.2, 0) is 20.6 Å². The first-order valence-corrected chi connectivity index (χ1v) is 10.7. The van der Waals surface area contributed by atoms with Gasteiger partial charge >= 0.3 is 6.18 Å². The second-order valence-corrected chi connectivity index (χ2v) is 8.38. The molecule has 1 aromatic rings. The van der Waals surface area contributed by atoms with E-state index in [2.05, 4.69) is 4.98 Å². The number of rotatable bonds is 3. The van der Waals surface area contributed by atoms with Crippen molar-refractivity contribution in [1.29, 1.82) is 0 Å². The Kier molecular flexibility index (Phi) is 5.90. The molecule has 3 aliphatic rings. The molecule has 0 bridgehead atoms. The van der Waals surface area contributed by atoms with E-state index in [1.807, 2.05) is 4.90 Å². The molecule has 0 N–H and O–H groups in total. The Morgan fingerprint density at radius 3 is 2.23 bits per heavy atom. The van der Waals surface area contributed by atoms with Gasteiger partial charge in [-0.05, 0) is 31.4 Å². The number of amides is 3. The molecule has 3 heterocycles. The van der Waals surface area contributed by atoms with E-state index in [9.17, 15) is 27.6 Å². The molecular weight excluding hydrogens is 413 g/mol. The standard InChI is InChI=1S/C21H25F3N4O3/c22-21(23,24)14-6-7-17(25-12-14)26-8-3-9-27(11-10-26)18(29)13-28-19(30)15-4-1-2-5-16(15)20(28)31/h6-7,12,15-16H,1-5,8-11,13H2. The maximum atomic E-state index is 12.8. The largest absolute Gasteiger partial charge is 0.417 e. The van der Waals surface area contributed by atoms with Crippen LogP contribution in [0.2, 0.25) is 0 Å². The fourth-order valence-electron chi connectivity index (χ4n) is 4.76. The average molecular weight is 438 g/mol. The van der Waals surface area contributed by atoms with Crippen molar-refractivity contribution in [3.63, 3.8) is 0 Å². The molecule has 31 heavy (non-hydrogen) atoms. The highest BCUT2D eigenvalue weighted by Crippen LogP contribution is 2.38. The highest BCUT2D eigenvalue weighted by atomic mass is 19.4. The minimum Gasteiger partial charge on any atom is -0.355 e. The molecule has 2 unspecified atom stereocenters. The quantitative estimate of drug-likeness (QED) is 0.678. The van der Waals surface area contributed by atoms with Crippen LogP contribution in [-0.4, -0.2) is 65.2 Å². The number of carbonyl (C=O) groups excluding carboxylic acids is 3. The summed E-state index contributed by atoms with van der Waals surface area (Å²) in [5, 5.41) is 0. The minimum atomic E-state index is -4.44. The number of hydrogen-bond acceptors (Lipinski definition) is 5. The van der Waals surface area contributed by atoms with Crippen molar-refractivity contribution in [3.8, 4) is 0 Å². The Labute approximate surface area is 178 Å². The SMILES string of the molecule is O=C(CN1C(=O)C2CCCCC2C1=O)N1CCCN(c2ccc(C(F)(F)F)cn2)CC1. The van der Waals surface area contributed by atoms with Gasteiger partial charge in [0.2, 0.25) is 17.7 Å². The Hall–Kier alpha value is -2.65. The van der Waals surface area contributed by atoms with Crippen LogP contribution in [0.1, 0.15) is 37.7 Å².